The van der Waals surface area contributed by atoms with E-state index in [0.717, 1.165) is 35.7 Å². The minimum absolute atomic E-state index is 0.117. The number of hydrazone groups is 1. The monoisotopic (exact) mass is 351 g/mol. The molecule has 112 valence electrons. The molecule has 0 radical (unpaired) electrons. The van der Waals surface area contributed by atoms with Crippen LogP contribution >= 0.6 is 15.9 Å². The third-order valence-corrected chi connectivity index (χ3v) is 3.87. The molecule has 0 aliphatic heterocycles. The zero-order valence-corrected chi connectivity index (χ0v) is 13.2. The van der Waals surface area contributed by atoms with Crippen molar-refractivity contribution in [3.63, 3.8) is 0 Å². The van der Waals surface area contributed by atoms with Crippen molar-refractivity contribution in [2.75, 3.05) is 0 Å². The Balaban J connectivity index is 1.79. The number of hydrogen-bond donors (Lipinski definition) is 2. The molecule has 0 saturated heterocycles. The molecule has 2 rings (SSSR count). The third-order valence-electron chi connectivity index (χ3n) is 3.38. The lowest BCUT2D eigenvalue weighted by Crippen LogP contribution is -2.44. The Hall–Kier alpha value is -1.69. The largest absolute Gasteiger partial charge is 0.345 e. The van der Waals surface area contributed by atoms with Crippen molar-refractivity contribution in [2.45, 2.75) is 38.1 Å². The van der Waals surface area contributed by atoms with Crippen molar-refractivity contribution in [2.24, 2.45) is 5.10 Å². The van der Waals surface area contributed by atoms with Crippen LogP contribution in [0.2, 0.25) is 0 Å². The first-order chi connectivity index (χ1) is 10.1. The number of amides is 2. The van der Waals surface area contributed by atoms with Gasteiger partial charge in [-0.3, -0.25) is 9.59 Å². The van der Waals surface area contributed by atoms with Gasteiger partial charge >= 0.3 is 11.8 Å². The minimum atomic E-state index is -0.730. The molecule has 1 aliphatic carbocycles. The maximum Gasteiger partial charge on any atom is 0.329 e. The van der Waals surface area contributed by atoms with E-state index in [4.69, 9.17) is 0 Å². The van der Waals surface area contributed by atoms with E-state index < -0.39 is 11.8 Å². The molecule has 1 saturated carbocycles. The third kappa shape index (κ3) is 5.30. The van der Waals surface area contributed by atoms with Crippen LogP contribution in [-0.2, 0) is 9.59 Å². The summed E-state index contributed by atoms with van der Waals surface area (Å²) in [5, 5.41) is 6.53. The summed E-state index contributed by atoms with van der Waals surface area (Å²) < 4.78 is 0.924. The van der Waals surface area contributed by atoms with Gasteiger partial charge in [0.1, 0.15) is 0 Å². The maximum absolute atomic E-state index is 11.7. The molecule has 0 bridgehead atoms. The predicted molar refractivity (Wildman–Crippen MR) is 84.9 cm³/mol. The summed E-state index contributed by atoms with van der Waals surface area (Å²) >= 11 is 3.35. The lowest BCUT2D eigenvalue weighted by molar-refractivity contribution is -0.139. The van der Waals surface area contributed by atoms with E-state index in [0.29, 0.717) is 0 Å². The summed E-state index contributed by atoms with van der Waals surface area (Å²) in [6.07, 6.45) is 6.80. The van der Waals surface area contributed by atoms with Crippen molar-refractivity contribution >= 4 is 34.0 Å². The van der Waals surface area contributed by atoms with Gasteiger partial charge in [0.15, 0.2) is 0 Å². The number of carbonyl (C=O) groups is 2. The Morgan fingerprint density at radius 2 is 1.95 bits per heavy atom. The van der Waals surface area contributed by atoms with Crippen LogP contribution < -0.4 is 10.7 Å². The zero-order valence-electron chi connectivity index (χ0n) is 11.6. The van der Waals surface area contributed by atoms with Crippen LogP contribution in [0.5, 0.6) is 0 Å². The van der Waals surface area contributed by atoms with Crippen LogP contribution in [0.4, 0.5) is 0 Å². The van der Waals surface area contributed by atoms with Crippen LogP contribution in [-0.4, -0.2) is 24.1 Å². The summed E-state index contributed by atoms with van der Waals surface area (Å²) in [4.78, 5) is 23.3. The molecule has 1 aromatic carbocycles. The highest BCUT2D eigenvalue weighted by Gasteiger charge is 2.19. The molecule has 6 heteroatoms. The lowest BCUT2D eigenvalue weighted by atomic mass is 9.95. The number of rotatable bonds is 3. The zero-order chi connectivity index (χ0) is 15.1. The van der Waals surface area contributed by atoms with Crippen LogP contribution in [0.3, 0.4) is 0 Å². The fourth-order valence-electron chi connectivity index (χ4n) is 2.30. The molecule has 1 aromatic rings. The molecular formula is C15H18BrN3O2. The number of benzene rings is 1. The maximum atomic E-state index is 11.7. The summed E-state index contributed by atoms with van der Waals surface area (Å²) in [7, 11) is 0. The molecule has 0 unspecified atom stereocenters. The summed E-state index contributed by atoms with van der Waals surface area (Å²) in [6, 6.07) is 7.59. The predicted octanol–water partition coefficient (Wildman–Crippen LogP) is 2.35. The highest BCUT2D eigenvalue weighted by molar-refractivity contribution is 9.10. The minimum Gasteiger partial charge on any atom is -0.345 e. The van der Waals surface area contributed by atoms with Gasteiger partial charge in [-0.25, -0.2) is 5.43 Å². The molecule has 2 N–H and O–H groups in total. The van der Waals surface area contributed by atoms with Gasteiger partial charge in [0, 0.05) is 10.5 Å². The van der Waals surface area contributed by atoms with Crippen molar-refractivity contribution in [3.8, 4) is 0 Å². The highest BCUT2D eigenvalue weighted by Crippen LogP contribution is 2.17. The molecule has 0 aromatic heterocycles. The van der Waals surface area contributed by atoms with Crippen molar-refractivity contribution in [1.29, 1.82) is 0 Å². The van der Waals surface area contributed by atoms with E-state index in [-0.39, 0.29) is 6.04 Å². The molecule has 1 fully saturated rings. The van der Waals surface area contributed by atoms with Crippen LogP contribution in [0.15, 0.2) is 33.8 Å². The molecule has 5 nitrogen and oxygen atoms in total. The fourth-order valence-corrected chi connectivity index (χ4v) is 2.72. The topological polar surface area (TPSA) is 70.6 Å². The molecule has 0 atom stereocenters. The van der Waals surface area contributed by atoms with Gasteiger partial charge in [-0.05, 0) is 30.5 Å². The van der Waals surface area contributed by atoms with Crippen molar-refractivity contribution in [3.05, 3.63) is 34.3 Å². The van der Waals surface area contributed by atoms with Crippen LogP contribution in [0, 0.1) is 0 Å². The average molecular weight is 352 g/mol. The number of halogens is 1. The van der Waals surface area contributed by atoms with Gasteiger partial charge < -0.3 is 5.32 Å². The second kappa shape index (κ2) is 7.93. The second-order valence-electron chi connectivity index (χ2n) is 5.06. The average Bonchev–Trinajstić information content (AvgIpc) is 2.48. The van der Waals surface area contributed by atoms with Crippen molar-refractivity contribution < 1.29 is 9.59 Å². The van der Waals surface area contributed by atoms with Gasteiger partial charge in [-0.2, -0.15) is 5.10 Å². The number of carbonyl (C=O) groups excluding carboxylic acids is 2. The standard InChI is InChI=1S/C15H18BrN3O2/c16-12-6-4-5-11(9-12)10-17-19-15(21)14(20)18-13-7-2-1-3-8-13/h4-6,9-10,13H,1-3,7-8H2,(H,18,20)(H,19,21)/b17-10-. The normalized spacial score (nSPS) is 15.9. The smallest absolute Gasteiger partial charge is 0.329 e. The van der Waals surface area contributed by atoms with E-state index in [2.05, 4.69) is 31.8 Å². The summed E-state index contributed by atoms with van der Waals surface area (Å²) in [5.41, 5.74) is 3.07. The van der Waals surface area contributed by atoms with Gasteiger partial charge in [0.05, 0.1) is 6.21 Å². The summed E-state index contributed by atoms with van der Waals surface area (Å²) in [6.45, 7) is 0. The number of nitrogens with zero attached hydrogens (tertiary/aromatic N) is 1. The van der Waals surface area contributed by atoms with E-state index in [1.165, 1.54) is 12.6 Å². The second-order valence-corrected chi connectivity index (χ2v) is 5.98. The first-order valence-electron chi connectivity index (χ1n) is 7.04. The molecular weight excluding hydrogens is 334 g/mol. The quantitative estimate of drug-likeness (QED) is 0.498. The van der Waals surface area contributed by atoms with E-state index >= 15 is 0 Å². The van der Waals surface area contributed by atoms with Gasteiger partial charge in [-0.1, -0.05) is 47.3 Å². The molecule has 2 amide bonds. The van der Waals surface area contributed by atoms with E-state index in [1.54, 1.807) is 0 Å². The van der Waals surface area contributed by atoms with Gasteiger partial charge in [0.25, 0.3) is 0 Å². The number of nitrogens with one attached hydrogen (secondary N) is 2. The van der Waals surface area contributed by atoms with Crippen LogP contribution in [0.1, 0.15) is 37.7 Å². The molecule has 1 aliphatic rings. The first kappa shape index (κ1) is 15.7. The fraction of sp³-hybridized carbons (Fsp3) is 0.400. The van der Waals surface area contributed by atoms with Crippen molar-refractivity contribution in [1.82, 2.24) is 10.7 Å². The molecule has 0 spiro atoms. The Bertz CT molecular complexity index is 539. The van der Waals surface area contributed by atoms with E-state index in [1.807, 2.05) is 24.3 Å². The SMILES string of the molecule is O=C(N/N=C\c1cccc(Br)c1)C(=O)NC1CCCCC1. The van der Waals surface area contributed by atoms with E-state index in [9.17, 15) is 9.59 Å². The highest BCUT2D eigenvalue weighted by atomic mass is 79.9. The number of hydrogen-bond acceptors (Lipinski definition) is 3. The first-order valence-corrected chi connectivity index (χ1v) is 7.84. The van der Waals surface area contributed by atoms with Crippen LogP contribution in [0.25, 0.3) is 0 Å². The Morgan fingerprint density at radius 3 is 2.67 bits per heavy atom. The molecule has 0 heterocycles. The Labute approximate surface area is 132 Å². The Kier molecular flexibility index (Phi) is 5.92. The Morgan fingerprint density at radius 1 is 1.19 bits per heavy atom. The summed E-state index contributed by atoms with van der Waals surface area (Å²) in [5.74, 6) is -1.35. The van der Waals surface area contributed by atoms with Gasteiger partial charge in [0.2, 0.25) is 0 Å². The van der Waals surface area contributed by atoms with Gasteiger partial charge in [-0.15, -0.1) is 0 Å². The lowest BCUT2D eigenvalue weighted by Gasteiger charge is -2.22. The molecule has 21 heavy (non-hydrogen) atoms.